The molecule has 3 nitrogen and oxygen atoms in total. The van der Waals surface area contributed by atoms with E-state index in [-0.39, 0.29) is 6.42 Å². The van der Waals surface area contributed by atoms with Crippen LogP contribution in [-0.4, -0.2) is 17.7 Å². The maximum Gasteiger partial charge on any atom is 0.303 e. The Kier molecular flexibility index (Phi) is 5.24. The Labute approximate surface area is 139 Å². The van der Waals surface area contributed by atoms with E-state index in [0.29, 0.717) is 17.8 Å². The van der Waals surface area contributed by atoms with E-state index < -0.39 is 5.97 Å². The highest BCUT2D eigenvalue weighted by Crippen LogP contribution is 2.51. The molecule has 1 N–H and O–H groups in total. The second kappa shape index (κ2) is 7.37. The van der Waals surface area contributed by atoms with Crippen LogP contribution in [0.3, 0.4) is 0 Å². The molecule has 1 atom stereocenters. The normalized spacial score (nSPS) is 23.0. The highest BCUT2D eigenvalue weighted by atomic mass is 16.5. The second-order valence-electron chi connectivity index (χ2n) is 7.52. The number of carboxylic acids is 1. The van der Waals surface area contributed by atoms with Gasteiger partial charge in [-0.1, -0.05) is 31.4 Å². The van der Waals surface area contributed by atoms with Crippen LogP contribution in [0.1, 0.15) is 63.4 Å². The first-order valence-corrected chi connectivity index (χ1v) is 9.09. The Morgan fingerprint density at radius 2 is 1.87 bits per heavy atom. The van der Waals surface area contributed by atoms with Crippen LogP contribution in [0.5, 0.6) is 5.75 Å². The number of carboxylic acid groups (broad SMARTS) is 1. The maximum absolute atomic E-state index is 10.6. The van der Waals surface area contributed by atoms with Crippen LogP contribution in [0, 0.1) is 11.3 Å². The molecule has 3 heteroatoms. The van der Waals surface area contributed by atoms with Crippen LogP contribution in [0.4, 0.5) is 0 Å². The van der Waals surface area contributed by atoms with Crippen LogP contribution in [0.2, 0.25) is 0 Å². The van der Waals surface area contributed by atoms with E-state index in [0.717, 1.165) is 17.9 Å². The average Bonchev–Trinajstić information content (AvgIpc) is 2.95. The molecule has 1 spiro atoms. The van der Waals surface area contributed by atoms with E-state index >= 15 is 0 Å². The average molecular weight is 316 g/mol. The minimum atomic E-state index is -0.747. The van der Waals surface area contributed by atoms with Crippen LogP contribution in [0.15, 0.2) is 24.3 Å². The highest BCUT2D eigenvalue weighted by molar-refractivity contribution is 5.67. The number of rotatable bonds is 6. The van der Waals surface area contributed by atoms with Gasteiger partial charge in [0.1, 0.15) is 5.75 Å². The first kappa shape index (κ1) is 16.4. The van der Waals surface area contributed by atoms with Crippen LogP contribution >= 0.6 is 0 Å². The fourth-order valence-corrected chi connectivity index (χ4v) is 4.44. The van der Waals surface area contributed by atoms with Gasteiger partial charge in [0, 0.05) is 6.42 Å². The largest absolute Gasteiger partial charge is 0.493 e. The minimum Gasteiger partial charge on any atom is -0.493 e. The molecular formula is C20H28O3. The molecule has 1 aromatic carbocycles. The molecule has 0 aliphatic heterocycles. The standard InChI is InChI=1S/C20H28O3/c21-19(22)9-6-16-4-7-18(8-5-16)23-15-17-10-13-20(14-17)11-2-1-3-12-20/h4-5,7-8,17H,1-3,6,9-15H2,(H,21,22). The number of hydrogen-bond acceptors (Lipinski definition) is 2. The molecule has 2 fully saturated rings. The summed E-state index contributed by atoms with van der Waals surface area (Å²) in [6.45, 7) is 0.830. The van der Waals surface area contributed by atoms with Crippen LogP contribution < -0.4 is 4.74 Å². The van der Waals surface area contributed by atoms with Crippen molar-refractivity contribution in [2.45, 2.75) is 64.2 Å². The van der Waals surface area contributed by atoms with Crippen molar-refractivity contribution in [1.82, 2.24) is 0 Å². The maximum atomic E-state index is 10.6. The number of carbonyl (C=O) groups is 1. The molecule has 0 aromatic heterocycles. The number of hydrogen-bond donors (Lipinski definition) is 1. The molecular weight excluding hydrogens is 288 g/mol. The summed E-state index contributed by atoms with van der Waals surface area (Å²) in [5.74, 6) is 0.872. The monoisotopic (exact) mass is 316 g/mol. The SMILES string of the molecule is O=C(O)CCc1ccc(OCC2CCC3(CCCCC3)C2)cc1. The van der Waals surface area contributed by atoms with E-state index in [9.17, 15) is 4.79 Å². The molecule has 3 rings (SSSR count). The summed E-state index contributed by atoms with van der Waals surface area (Å²) in [7, 11) is 0. The van der Waals surface area contributed by atoms with E-state index in [2.05, 4.69) is 0 Å². The van der Waals surface area contributed by atoms with Crippen molar-refractivity contribution in [2.75, 3.05) is 6.61 Å². The van der Waals surface area contributed by atoms with Gasteiger partial charge in [0.25, 0.3) is 0 Å². The Hall–Kier alpha value is -1.51. The summed E-state index contributed by atoms with van der Waals surface area (Å²) in [5, 5.41) is 8.72. The van der Waals surface area contributed by atoms with Gasteiger partial charge in [-0.25, -0.2) is 0 Å². The van der Waals surface area contributed by atoms with Crippen molar-refractivity contribution >= 4 is 5.97 Å². The smallest absolute Gasteiger partial charge is 0.303 e. The number of ether oxygens (including phenoxy) is 1. The Morgan fingerprint density at radius 1 is 1.13 bits per heavy atom. The number of aliphatic carboxylic acids is 1. The Balaban J connectivity index is 1.44. The zero-order valence-corrected chi connectivity index (χ0v) is 13.9. The van der Waals surface area contributed by atoms with Crippen molar-refractivity contribution in [3.8, 4) is 5.75 Å². The summed E-state index contributed by atoms with van der Waals surface area (Å²) >= 11 is 0. The molecule has 0 bridgehead atoms. The fourth-order valence-electron chi connectivity index (χ4n) is 4.44. The van der Waals surface area contributed by atoms with E-state index in [1.54, 1.807) is 0 Å². The van der Waals surface area contributed by atoms with Gasteiger partial charge < -0.3 is 9.84 Å². The van der Waals surface area contributed by atoms with Gasteiger partial charge in [-0.05, 0) is 67.6 Å². The first-order valence-electron chi connectivity index (χ1n) is 9.09. The lowest BCUT2D eigenvalue weighted by Gasteiger charge is -2.33. The summed E-state index contributed by atoms with van der Waals surface area (Å²) < 4.78 is 5.99. The van der Waals surface area contributed by atoms with Crippen molar-refractivity contribution < 1.29 is 14.6 Å². The zero-order valence-electron chi connectivity index (χ0n) is 13.9. The molecule has 23 heavy (non-hydrogen) atoms. The lowest BCUT2D eigenvalue weighted by atomic mass is 9.72. The number of aryl methyl sites for hydroxylation is 1. The number of benzene rings is 1. The first-order chi connectivity index (χ1) is 11.2. The predicted molar refractivity (Wildman–Crippen MR) is 90.8 cm³/mol. The van der Waals surface area contributed by atoms with Crippen molar-refractivity contribution in [1.29, 1.82) is 0 Å². The van der Waals surface area contributed by atoms with E-state index in [1.807, 2.05) is 24.3 Å². The van der Waals surface area contributed by atoms with Gasteiger partial charge in [-0.3, -0.25) is 4.79 Å². The van der Waals surface area contributed by atoms with Crippen molar-refractivity contribution in [2.24, 2.45) is 11.3 Å². The molecule has 2 saturated carbocycles. The summed E-state index contributed by atoms with van der Waals surface area (Å²) in [6.07, 6.45) is 12.0. The van der Waals surface area contributed by atoms with Crippen LogP contribution in [0.25, 0.3) is 0 Å². The quantitative estimate of drug-likeness (QED) is 0.817. The molecule has 0 amide bonds. The van der Waals surface area contributed by atoms with Gasteiger partial charge in [0.15, 0.2) is 0 Å². The Morgan fingerprint density at radius 3 is 2.57 bits per heavy atom. The third kappa shape index (κ3) is 4.49. The third-order valence-electron chi connectivity index (χ3n) is 5.76. The lowest BCUT2D eigenvalue weighted by molar-refractivity contribution is -0.136. The molecule has 0 radical (unpaired) electrons. The van der Waals surface area contributed by atoms with Gasteiger partial charge >= 0.3 is 5.97 Å². The van der Waals surface area contributed by atoms with Gasteiger partial charge in [-0.2, -0.15) is 0 Å². The lowest BCUT2D eigenvalue weighted by Crippen LogP contribution is -2.21. The zero-order chi connectivity index (χ0) is 16.1. The van der Waals surface area contributed by atoms with Gasteiger partial charge in [0.2, 0.25) is 0 Å². The molecule has 0 saturated heterocycles. The fraction of sp³-hybridized carbons (Fsp3) is 0.650. The van der Waals surface area contributed by atoms with E-state index in [1.165, 1.54) is 51.4 Å². The van der Waals surface area contributed by atoms with Gasteiger partial charge in [-0.15, -0.1) is 0 Å². The molecule has 126 valence electrons. The third-order valence-corrected chi connectivity index (χ3v) is 5.76. The molecule has 1 aromatic rings. The highest BCUT2D eigenvalue weighted by Gasteiger charge is 2.39. The van der Waals surface area contributed by atoms with Gasteiger partial charge in [0.05, 0.1) is 6.61 Å². The molecule has 1 unspecified atom stereocenters. The van der Waals surface area contributed by atoms with E-state index in [4.69, 9.17) is 9.84 Å². The van der Waals surface area contributed by atoms with Crippen molar-refractivity contribution in [3.63, 3.8) is 0 Å². The molecule has 2 aliphatic rings. The van der Waals surface area contributed by atoms with Crippen molar-refractivity contribution in [3.05, 3.63) is 29.8 Å². The summed E-state index contributed by atoms with van der Waals surface area (Å²) in [4.78, 5) is 10.6. The van der Waals surface area contributed by atoms with Crippen LogP contribution in [-0.2, 0) is 11.2 Å². The topological polar surface area (TPSA) is 46.5 Å². The molecule has 2 aliphatic carbocycles. The summed E-state index contributed by atoms with van der Waals surface area (Å²) in [5.41, 5.74) is 1.70. The molecule has 0 heterocycles. The second-order valence-corrected chi connectivity index (χ2v) is 7.52. The minimum absolute atomic E-state index is 0.185. The summed E-state index contributed by atoms with van der Waals surface area (Å²) in [6, 6.07) is 7.91. The Bertz CT molecular complexity index is 514. The predicted octanol–water partition coefficient (Wildman–Crippen LogP) is 4.83.